The maximum atomic E-state index is 14.0. The normalized spacial score (nSPS) is 22.0. The summed E-state index contributed by atoms with van der Waals surface area (Å²) in [5.41, 5.74) is -4.60. The molecule has 1 saturated heterocycles. The SMILES string of the molecule is CN(C(=O)Oc1c(N2CCN(C3CC(O)C(O)C3)C2=O)cc(C(F)(F)F)cc1C(F)(F)F)c1ccc(F)cc1. The summed E-state index contributed by atoms with van der Waals surface area (Å²) in [6.07, 6.45) is -14.5. The Morgan fingerprint density at radius 1 is 0.974 bits per heavy atom. The number of anilines is 2. The van der Waals surface area contributed by atoms with Crippen LogP contribution in [-0.4, -0.2) is 65.6 Å². The Kier molecular flexibility index (Phi) is 7.42. The molecule has 212 valence electrons. The highest BCUT2D eigenvalue weighted by atomic mass is 19.4. The van der Waals surface area contributed by atoms with Crippen molar-refractivity contribution < 1.29 is 55.3 Å². The van der Waals surface area contributed by atoms with E-state index < -0.39 is 71.1 Å². The molecule has 2 fully saturated rings. The summed E-state index contributed by atoms with van der Waals surface area (Å²) < 4.78 is 101. The zero-order valence-electron chi connectivity index (χ0n) is 20.1. The molecule has 1 aliphatic heterocycles. The molecule has 2 aromatic carbocycles. The van der Waals surface area contributed by atoms with Crippen LogP contribution in [0.4, 0.5) is 51.7 Å². The number of nitrogens with zero attached hydrogens (tertiary/aromatic N) is 3. The fraction of sp³-hybridized carbons (Fsp3) is 0.417. The number of rotatable bonds is 4. The molecule has 0 bridgehead atoms. The number of carbonyl (C=O) groups is 2. The predicted octanol–water partition coefficient (Wildman–Crippen LogP) is 4.62. The van der Waals surface area contributed by atoms with Gasteiger partial charge in [-0.15, -0.1) is 0 Å². The average Bonchev–Trinajstić information content (AvgIpc) is 3.38. The Labute approximate surface area is 216 Å². The van der Waals surface area contributed by atoms with Crippen molar-refractivity contribution in [2.75, 3.05) is 29.9 Å². The Morgan fingerprint density at radius 2 is 1.56 bits per heavy atom. The Bertz CT molecular complexity index is 1240. The molecule has 2 N–H and O–H groups in total. The van der Waals surface area contributed by atoms with Crippen molar-refractivity contribution in [3.63, 3.8) is 0 Å². The van der Waals surface area contributed by atoms with E-state index in [2.05, 4.69) is 0 Å². The summed E-state index contributed by atoms with van der Waals surface area (Å²) in [4.78, 5) is 28.5. The lowest BCUT2D eigenvalue weighted by molar-refractivity contribution is -0.143. The summed E-state index contributed by atoms with van der Waals surface area (Å²) in [5.74, 6) is -1.99. The molecular formula is C24H22F7N3O5. The first kappa shape index (κ1) is 28.4. The molecule has 1 heterocycles. The zero-order chi connectivity index (χ0) is 28.9. The van der Waals surface area contributed by atoms with Crippen molar-refractivity contribution in [3.8, 4) is 5.75 Å². The third-order valence-electron chi connectivity index (χ3n) is 6.62. The van der Waals surface area contributed by atoms with Crippen molar-refractivity contribution in [3.05, 3.63) is 53.3 Å². The largest absolute Gasteiger partial charge is 0.420 e. The molecule has 15 heteroatoms. The zero-order valence-corrected chi connectivity index (χ0v) is 20.1. The van der Waals surface area contributed by atoms with Crippen molar-refractivity contribution in [2.45, 2.75) is 43.4 Å². The van der Waals surface area contributed by atoms with Crippen LogP contribution in [0.25, 0.3) is 0 Å². The average molecular weight is 565 g/mol. The van der Waals surface area contributed by atoms with Gasteiger partial charge in [0.25, 0.3) is 0 Å². The van der Waals surface area contributed by atoms with Gasteiger partial charge in [-0.3, -0.25) is 9.80 Å². The highest BCUT2D eigenvalue weighted by Crippen LogP contribution is 2.47. The monoisotopic (exact) mass is 565 g/mol. The number of halogens is 7. The second-order valence-electron chi connectivity index (χ2n) is 9.16. The molecule has 2 unspecified atom stereocenters. The first-order chi connectivity index (χ1) is 18.1. The molecule has 0 spiro atoms. The van der Waals surface area contributed by atoms with Crippen LogP contribution in [0.1, 0.15) is 24.0 Å². The van der Waals surface area contributed by atoms with Gasteiger partial charge in [0.2, 0.25) is 0 Å². The number of hydrogen-bond acceptors (Lipinski definition) is 5. The van der Waals surface area contributed by atoms with Crippen LogP contribution in [-0.2, 0) is 12.4 Å². The summed E-state index contributed by atoms with van der Waals surface area (Å²) in [6.45, 7) is -0.498. The maximum absolute atomic E-state index is 14.0. The molecular weight excluding hydrogens is 543 g/mol. The van der Waals surface area contributed by atoms with E-state index in [-0.39, 0.29) is 43.8 Å². The van der Waals surface area contributed by atoms with Crippen molar-refractivity contribution in [2.24, 2.45) is 0 Å². The van der Waals surface area contributed by atoms with Gasteiger partial charge in [0.05, 0.1) is 23.5 Å². The summed E-state index contributed by atoms with van der Waals surface area (Å²) in [7, 11) is 1.09. The molecule has 1 aliphatic carbocycles. The van der Waals surface area contributed by atoms with Crippen LogP contribution < -0.4 is 14.5 Å². The molecule has 8 nitrogen and oxygen atoms in total. The number of alkyl halides is 6. The minimum Gasteiger partial charge on any atom is -0.407 e. The lowest BCUT2D eigenvalue weighted by atomic mass is 10.1. The van der Waals surface area contributed by atoms with E-state index in [1.807, 2.05) is 0 Å². The quantitative estimate of drug-likeness (QED) is 0.528. The minimum atomic E-state index is -5.43. The first-order valence-corrected chi connectivity index (χ1v) is 11.6. The fourth-order valence-electron chi connectivity index (χ4n) is 4.56. The molecule has 3 amide bonds. The van der Waals surface area contributed by atoms with E-state index in [4.69, 9.17) is 4.74 Å². The van der Waals surface area contributed by atoms with E-state index in [0.717, 1.165) is 36.2 Å². The third kappa shape index (κ3) is 5.73. The van der Waals surface area contributed by atoms with Crippen molar-refractivity contribution in [1.82, 2.24) is 4.90 Å². The standard InChI is InChI=1S/C24H22F7N3O5/c1-32(14-4-2-13(25)3-5-14)22(38)39-20-16(24(29,30)31)8-12(23(26,27)28)9-17(20)34-7-6-33(21(34)37)15-10-18(35)19(36)11-15/h2-5,8-9,15,18-19,35-36H,6-7,10-11H2,1H3. The molecule has 1 saturated carbocycles. The van der Waals surface area contributed by atoms with Crippen molar-refractivity contribution in [1.29, 1.82) is 0 Å². The first-order valence-electron chi connectivity index (χ1n) is 11.6. The number of hydrogen-bond donors (Lipinski definition) is 2. The predicted molar refractivity (Wildman–Crippen MR) is 122 cm³/mol. The summed E-state index contributed by atoms with van der Waals surface area (Å²) in [5, 5.41) is 19.6. The van der Waals surface area contributed by atoms with Crippen LogP contribution in [0.15, 0.2) is 36.4 Å². The van der Waals surface area contributed by atoms with Gasteiger partial charge in [0.15, 0.2) is 5.75 Å². The van der Waals surface area contributed by atoms with E-state index in [0.29, 0.717) is 9.80 Å². The number of aliphatic hydroxyl groups is 2. The number of amides is 3. The molecule has 2 aromatic rings. The van der Waals surface area contributed by atoms with Crippen LogP contribution >= 0.6 is 0 Å². The van der Waals surface area contributed by atoms with E-state index in [1.165, 1.54) is 0 Å². The summed E-state index contributed by atoms with van der Waals surface area (Å²) >= 11 is 0. The van der Waals surface area contributed by atoms with Gasteiger partial charge in [-0.2, -0.15) is 26.3 Å². The molecule has 2 atom stereocenters. The van der Waals surface area contributed by atoms with Gasteiger partial charge in [-0.1, -0.05) is 0 Å². The number of urea groups is 1. The fourth-order valence-corrected chi connectivity index (χ4v) is 4.56. The van der Waals surface area contributed by atoms with Gasteiger partial charge < -0.3 is 19.8 Å². The Morgan fingerprint density at radius 3 is 2.10 bits per heavy atom. The summed E-state index contributed by atoms with van der Waals surface area (Å²) in [6, 6.07) is 2.56. The Balaban J connectivity index is 1.77. The second-order valence-corrected chi connectivity index (χ2v) is 9.16. The number of aliphatic hydroxyl groups excluding tert-OH is 2. The van der Waals surface area contributed by atoms with E-state index in [9.17, 15) is 50.5 Å². The van der Waals surface area contributed by atoms with Gasteiger partial charge in [0.1, 0.15) is 11.4 Å². The van der Waals surface area contributed by atoms with Crippen LogP contribution in [0.2, 0.25) is 0 Å². The van der Waals surface area contributed by atoms with Crippen LogP contribution in [0.3, 0.4) is 0 Å². The van der Waals surface area contributed by atoms with Crippen molar-refractivity contribution >= 4 is 23.5 Å². The number of benzene rings is 2. The molecule has 0 aromatic heterocycles. The Hall–Kier alpha value is -3.59. The highest BCUT2D eigenvalue weighted by Gasteiger charge is 2.46. The molecule has 2 aliphatic rings. The van der Waals surface area contributed by atoms with Crippen LogP contribution in [0.5, 0.6) is 5.75 Å². The third-order valence-corrected chi connectivity index (χ3v) is 6.62. The van der Waals surface area contributed by atoms with E-state index in [1.54, 1.807) is 0 Å². The van der Waals surface area contributed by atoms with Gasteiger partial charge in [-0.05, 0) is 49.2 Å². The molecule has 39 heavy (non-hydrogen) atoms. The molecule has 0 radical (unpaired) electrons. The van der Waals surface area contributed by atoms with Gasteiger partial charge in [0, 0.05) is 31.9 Å². The minimum absolute atomic E-state index is 0.00481. The number of carbonyl (C=O) groups excluding carboxylic acids is 2. The lowest BCUT2D eigenvalue weighted by Gasteiger charge is -2.27. The van der Waals surface area contributed by atoms with E-state index >= 15 is 0 Å². The lowest BCUT2D eigenvalue weighted by Crippen LogP contribution is -2.39. The maximum Gasteiger partial charge on any atom is 0.420 e. The highest BCUT2D eigenvalue weighted by molar-refractivity contribution is 5.98. The smallest absolute Gasteiger partial charge is 0.407 e. The molecule has 4 rings (SSSR count). The second kappa shape index (κ2) is 10.2. The topological polar surface area (TPSA) is 93.6 Å². The van der Waals surface area contributed by atoms with Gasteiger partial charge in [-0.25, -0.2) is 14.0 Å². The van der Waals surface area contributed by atoms with Gasteiger partial charge >= 0.3 is 24.5 Å². The van der Waals surface area contributed by atoms with Crippen LogP contribution in [0, 0.1) is 5.82 Å². The number of ether oxygens (including phenoxy) is 1.